The molecule has 3 aliphatic heterocycles. The first-order chi connectivity index (χ1) is 14.1. The summed E-state index contributed by atoms with van der Waals surface area (Å²) in [5, 5.41) is 20.1. The summed E-state index contributed by atoms with van der Waals surface area (Å²) < 4.78 is 5.97. The van der Waals surface area contributed by atoms with Crippen molar-refractivity contribution in [3.8, 4) is 22.9 Å². The van der Waals surface area contributed by atoms with Crippen molar-refractivity contribution in [2.45, 2.75) is 19.0 Å². The molecule has 146 valence electrons. The number of amidine groups is 1. The number of hydrazone groups is 1. The molecule has 8 nitrogen and oxygen atoms in total. The van der Waals surface area contributed by atoms with E-state index in [2.05, 4.69) is 27.2 Å². The predicted octanol–water partition coefficient (Wildman–Crippen LogP) is 1.64. The van der Waals surface area contributed by atoms with E-state index in [1.807, 2.05) is 48.2 Å². The van der Waals surface area contributed by atoms with Crippen molar-refractivity contribution in [3.05, 3.63) is 42.0 Å². The SMILES string of the molecule is CC1C(=O)NN=C2COc3cc(-c4ccc(C#N)cc4)c(NC4CNC4)cc3N21. The number of nitrogens with zero attached hydrogens (tertiary/aromatic N) is 3. The predicted molar refractivity (Wildman–Crippen MR) is 110 cm³/mol. The zero-order chi connectivity index (χ0) is 20.0. The van der Waals surface area contributed by atoms with Crippen LogP contribution in [0.1, 0.15) is 12.5 Å². The van der Waals surface area contributed by atoms with Gasteiger partial charge in [0.1, 0.15) is 18.4 Å². The fourth-order valence-electron chi connectivity index (χ4n) is 3.76. The molecule has 1 fully saturated rings. The van der Waals surface area contributed by atoms with Crippen LogP contribution in [-0.2, 0) is 4.79 Å². The number of carbonyl (C=O) groups excluding carboxylic acids is 1. The highest BCUT2D eigenvalue weighted by Gasteiger charge is 2.36. The van der Waals surface area contributed by atoms with E-state index in [1.165, 1.54) is 0 Å². The van der Waals surface area contributed by atoms with Crippen molar-refractivity contribution in [3.63, 3.8) is 0 Å². The van der Waals surface area contributed by atoms with E-state index in [1.54, 1.807) is 0 Å². The summed E-state index contributed by atoms with van der Waals surface area (Å²) in [5.74, 6) is 1.25. The Hall–Kier alpha value is -3.57. The molecule has 0 radical (unpaired) electrons. The smallest absolute Gasteiger partial charge is 0.262 e. The van der Waals surface area contributed by atoms with Crippen LogP contribution in [0.25, 0.3) is 11.1 Å². The third kappa shape index (κ3) is 2.96. The molecule has 3 N–H and O–H groups in total. The molecule has 1 saturated heterocycles. The highest BCUT2D eigenvalue weighted by molar-refractivity contribution is 6.10. The average Bonchev–Trinajstić information content (AvgIpc) is 2.72. The third-order valence-corrected chi connectivity index (χ3v) is 5.52. The molecule has 1 atom stereocenters. The Kier molecular flexibility index (Phi) is 4.11. The van der Waals surface area contributed by atoms with Gasteiger partial charge in [-0.3, -0.25) is 4.79 Å². The molecule has 8 heteroatoms. The lowest BCUT2D eigenvalue weighted by molar-refractivity contribution is -0.122. The van der Waals surface area contributed by atoms with Gasteiger partial charge in [-0.25, -0.2) is 5.43 Å². The largest absolute Gasteiger partial charge is 0.483 e. The number of nitriles is 1. The number of fused-ring (bicyclic) bond motifs is 3. The molecule has 2 aromatic rings. The number of benzene rings is 2. The molecule has 0 bridgehead atoms. The number of carbonyl (C=O) groups is 1. The maximum atomic E-state index is 12.2. The van der Waals surface area contributed by atoms with Gasteiger partial charge in [-0.1, -0.05) is 12.1 Å². The first-order valence-electron chi connectivity index (χ1n) is 9.58. The number of hydrogen-bond donors (Lipinski definition) is 3. The lowest BCUT2D eigenvalue weighted by Crippen LogP contribution is -2.55. The van der Waals surface area contributed by atoms with Gasteiger partial charge in [0.05, 0.1) is 23.4 Å². The Labute approximate surface area is 168 Å². The first-order valence-corrected chi connectivity index (χ1v) is 9.58. The van der Waals surface area contributed by atoms with Crippen LogP contribution < -0.4 is 25.7 Å². The van der Waals surface area contributed by atoms with Gasteiger partial charge in [-0.05, 0) is 36.8 Å². The van der Waals surface area contributed by atoms with Crippen molar-refractivity contribution in [2.24, 2.45) is 5.10 Å². The second kappa shape index (κ2) is 6.79. The lowest BCUT2D eigenvalue weighted by Gasteiger charge is -2.39. The van der Waals surface area contributed by atoms with E-state index >= 15 is 0 Å². The summed E-state index contributed by atoms with van der Waals surface area (Å²) in [4.78, 5) is 14.1. The minimum absolute atomic E-state index is 0.143. The molecule has 3 aliphatic rings. The summed E-state index contributed by atoms with van der Waals surface area (Å²) in [6, 6.07) is 13.7. The Balaban J connectivity index is 1.62. The van der Waals surface area contributed by atoms with Gasteiger partial charge in [-0.15, -0.1) is 0 Å². The van der Waals surface area contributed by atoms with Gasteiger partial charge < -0.3 is 20.3 Å². The van der Waals surface area contributed by atoms with E-state index in [4.69, 9.17) is 10.00 Å². The average molecular weight is 388 g/mol. The van der Waals surface area contributed by atoms with Crippen LogP contribution in [0.4, 0.5) is 11.4 Å². The van der Waals surface area contributed by atoms with Gasteiger partial charge in [-0.2, -0.15) is 10.4 Å². The molecule has 2 aromatic carbocycles. The fraction of sp³-hybridized carbons (Fsp3) is 0.286. The third-order valence-electron chi connectivity index (χ3n) is 5.52. The monoisotopic (exact) mass is 388 g/mol. The standard InChI is InChI=1S/C21H20N6O2/c1-12-21(28)26-25-20-11-29-19-6-16(14-4-2-13(8-22)3-5-14)17(7-18(19)27(12)20)24-15-9-23-10-15/h2-7,12,15,23-24H,9-11H2,1H3,(H,26,28). The van der Waals surface area contributed by atoms with Crippen LogP contribution in [0.15, 0.2) is 41.5 Å². The van der Waals surface area contributed by atoms with E-state index in [9.17, 15) is 4.79 Å². The number of rotatable bonds is 3. The second-order valence-corrected chi connectivity index (χ2v) is 7.39. The van der Waals surface area contributed by atoms with Crippen LogP contribution in [0.3, 0.4) is 0 Å². The van der Waals surface area contributed by atoms with E-state index < -0.39 is 0 Å². The molecule has 0 aromatic heterocycles. The van der Waals surface area contributed by atoms with Gasteiger partial charge in [0.15, 0.2) is 5.84 Å². The topological polar surface area (TPSA) is 102 Å². The summed E-state index contributed by atoms with van der Waals surface area (Å²) in [7, 11) is 0. The second-order valence-electron chi connectivity index (χ2n) is 7.39. The van der Waals surface area contributed by atoms with Gasteiger partial charge >= 0.3 is 0 Å². The molecule has 5 rings (SSSR count). The number of anilines is 2. The Bertz CT molecular complexity index is 1050. The van der Waals surface area contributed by atoms with E-state index in [-0.39, 0.29) is 11.9 Å². The summed E-state index contributed by atoms with van der Waals surface area (Å²) in [6.07, 6.45) is 0. The first kappa shape index (κ1) is 17.5. The molecule has 0 aliphatic carbocycles. The zero-order valence-corrected chi connectivity index (χ0v) is 15.9. The fourth-order valence-corrected chi connectivity index (χ4v) is 3.76. The molecule has 1 amide bonds. The van der Waals surface area contributed by atoms with Crippen molar-refractivity contribution in [1.29, 1.82) is 5.26 Å². The highest BCUT2D eigenvalue weighted by Crippen LogP contribution is 2.42. The molecule has 0 saturated carbocycles. The zero-order valence-electron chi connectivity index (χ0n) is 15.9. The summed E-state index contributed by atoms with van der Waals surface area (Å²) >= 11 is 0. The molecular weight excluding hydrogens is 368 g/mol. The number of amides is 1. The van der Waals surface area contributed by atoms with E-state index in [0.29, 0.717) is 29.8 Å². The van der Waals surface area contributed by atoms with Crippen LogP contribution in [-0.4, -0.2) is 43.5 Å². The number of hydrogen-bond acceptors (Lipinski definition) is 7. The minimum Gasteiger partial charge on any atom is -0.483 e. The normalized spacial score (nSPS) is 20.3. The summed E-state index contributed by atoms with van der Waals surface area (Å²) in [6.45, 7) is 3.95. The molecule has 29 heavy (non-hydrogen) atoms. The maximum absolute atomic E-state index is 12.2. The highest BCUT2D eigenvalue weighted by atomic mass is 16.5. The van der Waals surface area contributed by atoms with Crippen LogP contribution >= 0.6 is 0 Å². The number of ether oxygens (including phenoxy) is 1. The van der Waals surface area contributed by atoms with Crippen molar-refractivity contribution >= 4 is 23.1 Å². The van der Waals surface area contributed by atoms with Gasteiger partial charge in [0.2, 0.25) is 0 Å². The van der Waals surface area contributed by atoms with Crippen LogP contribution in [0, 0.1) is 11.3 Å². The lowest BCUT2D eigenvalue weighted by atomic mass is 9.98. The molecule has 1 unspecified atom stereocenters. The van der Waals surface area contributed by atoms with Crippen LogP contribution in [0.2, 0.25) is 0 Å². The van der Waals surface area contributed by atoms with Crippen molar-refractivity contribution < 1.29 is 9.53 Å². The molecular formula is C21H20N6O2. The van der Waals surface area contributed by atoms with Crippen LogP contribution in [0.5, 0.6) is 5.75 Å². The molecule has 0 spiro atoms. The van der Waals surface area contributed by atoms with Crippen molar-refractivity contribution in [1.82, 2.24) is 10.7 Å². The Morgan fingerprint density at radius 3 is 2.76 bits per heavy atom. The minimum atomic E-state index is -0.371. The maximum Gasteiger partial charge on any atom is 0.262 e. The van der Waals surface area contributed by atoms with Crippen molar-refractivity contribution in [2.75, 3.05) is 29.9 Å². The quantitative estimate of drug-likeness (QED) is 0.739. The molecule has 3 heterocycles. The van der Waals surface area contributed by atoms with Gasteiger partial charge in [0.25, 0.3) is 5.91 Å². The Morgan fingerprint density at radius 2 is 2.07 bits per heavy atom. The van der Waals surface area contributed by atoms with Gasteiger partial charge in [0, 0.05) is 24.3 Å². The number of nitrogens with one attached hydrogen (secondary N) is 3. The summed E-state index contributed by atoms with van der Waals surface area (Å²) in [5.41, 5.74) is 6.95. The Morgan fingerprint density at radius 1 is 1.28 bits per heavy atom. The van der Waals surface area contributed by atoms with E-state index in [0.717, 1.165) is 35.6 Å².